The molecule has 1 aliphatic rings. The van der Waals surface area contributed by atoms with Gasteiger partial charge < -0.3 is 9.47 Å². The fourth-order valence-corrected chi connectivity index (χ4v) is 3.69. The number of hydrogen-bond donors (Lipinski definition) is 0. The largest absolute Gasteiger partial charge is 0.340 e. The Kier molecular flexibility index (Phi) is 4.73. The molecule has 0 bridgehead atoms. The van der Waals surface area contributed by atoms with Crippen LogP contribution in [0.4, 0.5) is 0 Å². The number of rotatable bonds is 4. The number of aromatic nitrogens is 4. The summed E-state index contributed by atoms with van der Waals surface area (Å²) in [7, 11) is 1.93. The van der Waals surface area contributed by atoms with Crippen LogP contribution in [0.3, 0.4) is 0 Å². The average Bonchev–Trinajstić information content (AvgIpc) is 3.15. The topological polar surface area (TPSA) is 56.0 Å². The molecule has 130 valence electrons. The van der Waals surface area contributed by atoms with Gasteiger partial charge in [-0.05, 0) is 26.7 Å². The quantitative estimate of drug-likeness (QED) is 0.864. The summed E-state index contributed by atoms with van der Waals surface area (Å²) in [4.78, 5) is 19.3. The van der Waals surface area contributed by atoms with Gasteiger partial charge in [-0.2, -0.15) is 5.10 Å². The first kappa shape index (κ1) is 16.7. The lowest BCUT2D eigenvalue weighted by Gasteiger charge is -2.34. The van der Waals surface area contributed by atoms with Crippen LogP contribution in [0.5, 0.6) is 0 Å². The average molecular weight is 329 g/mol. The molecule has 1 saturated heterocycles. The van der Waals surface area contributed by atoms with Crippen molar-refractivity contribution in [1.29, 1.82) is 0 Å². The maximum atomic E-state index is 12.8. The van der Waals surface area contributed by atoms with E-state index in [0.717, 1.165) is 55.1 Å². The lowest BCUT2D eigenvalue weighted by molar-refractivity contribution is -0.132. The Morgan fingerprint density at radius 2 is 2.17 bits per heavy atom. The van der Waals surface area contributed by atoms with Crippen LogP contribution >= 0.6 is 0 Å². The van der Waals surface area contributed by atoms with E-state index in [0.29, 0.717) is 12.5 Å². The molecule has 1 aliphatic heterocycles. The van der Waals surface area contributed by atoms with Gasteiger partial charge >= 0.3 is 0 Å². The van der Waals surface area contributed by atoms with Crippen molar-refractivity contribution in [3.8, 4) is 0 Å². The normalized spacial score (nSPS) is 18.2. The number of carbonyl (C=O) groups excluding carboxylic acids is 1. The molecule has 24 heavy (non-hydrogen) atoms. The summed E-state index contributed by atoms with van der Waals surface area (Å²) in [5.41, 5.74) is 3.11. The van der Waals surface area contributed by atoms with Gasteiger partial charge in [0.25, 0.3) is 0 Å². The van der Waals surface area contributed by atoms with Gasteiger partial charge in [0.05, 0.1) is 18.2 Å². The summed E-state index contributed by atoms with van der Waals surface area (Å²) in [6, 6.07) is 0.344. The minimum Gasteiger partial charge on any atom is -0.340 e. The molecule has 6 nitrogen and oxygen atoms in total. The number of piperidine rings is 1. The Hall–Kier alpha value is -2.11. The Balaban J connectivity index is 1.71. The van der Waals surface area contributed by atoms with E-state index < -0.39 is 0 Å². The zero-order valence-corrected chi connectivity index (χ0v) is 15.1. The Labute approximate surface area is 143 Å². The summed E-state index contributed by atoms with van der Waals surface area (Å²) in [6.07, 6.45) is 7.43. The van der Waals surface area contributed by atoms with Crippen molar-refractivity contribution in [1.82, 2.24) is 24.2 Å². The summed E-state index contributed by atoms with van der Waals surface area (Å²) in [5.74, 6) is 1.31. The van der Waals surface area contributed by atoms with E-state index in [2.05, 4.69) is 21.6 Å². The number of likely N-dealkylation sites (tertiary alicyclic amines) is 1. The minimum atomic E-state index is 0.206. The van der Waals surface area contributed by atoms with E-state index in [4.69, 9.17) is 0 Å². The Morgan fingerprint density at radius 3 is 2.83 bits per heavy atom. The van der Waals surface area contributed by atoms with Gasteiger partial charge in [-0.3, -0.25) is 9.48 Å². The molecule has 0 N–H and O–H groups in total. The first-order valence-electron chi connectivity index (χ1n) is 8.79. The SMILES string of the molecule is CCc1nccn1[C@H]1CCCN(C(=O)Cc2c(C)nn(C)c2C)C1. The molecule has 0 aromatic carbocycles. The lowest BCUT2D eigenvalue weighted by Crippen LogP contribution is -2.41. The highest BCUT2D eigenvalue weighted by Gasteiger charge is 2.26. The third kappa shape index (κ3) is 3.09. The van der Waals surface area contributed by atoms with Crippen molar-refractivity contribution >= 4 is 5.91 Å². The molecule has 1 atom stereocenters. The van der Waals surface area contributed by atoms with E-state index in [-0.39, 0.29) is 5.91 Å². The number of aryl methyl sites for hydroxylation is 3. The molecular formula is C18H27N5O. The van der Waals surface area contributed by atoms with Gasteiger partial charge in [0.15, 0.2) is 0 Å². The summed E-state index contributed by atoms with van der Waals surface area (Å²) >= 11 is 0. The van der Waals surface area contributed by atoms with Crippen molar-refractivity contribution in [2.45, 2.75) is 52.5 Å². The van der Waals surface area contributed by atoms with Gasteiger partial charge in [0.2, 0.25) is 5.91 Å². The van der Waals surface area contributed by atoms with Gasteiger partial charge in [-0.15, -0.1) is 0 Å². The molecule has 2 aromatic rings. The first-order valence-corrected chi connectivity index (χ1v) is 8.79. The maximum absolute atomic E-state index is 12.8. The second-order valence-electron chi connectivity index (χ2n) is 6.69. The van der Waals surface area contributed by atoms with Gasteiger partial charge in [0.1, 0.15) is 5.82 Å². The van der Waals surface area contributed by atoms with Crippen molar-refractivity contribution < 1.29 is 4.79 Å². The molecule has 1 amide bonds. The number of amides is 1. The molecule has 0 unspecified atom stereocenters. The van der Waals surface area contributed by atoms with E-state index in [9.17, 15) is 4.79 Å². The van der Waals surface area contributed by atoms with E-state index >= 15 is 0 Å². The van der Waals surface area contributed by atoms with Crippen molar-refractivity contribution in [3.63, 3.8) is 0 Å². The van der Waals surface area contributed by atoms with Gasteiger partial charge in [-0.1, -0.05) is 6.92 Å². The maximum Gasteiger partial charge on any atom is 0.227 e. The third-order valence-corrected chi connectivity index (χ3v) is 5.19. The highest BCUT2D eigenvalue weighted by molar-refractivity contribution is 5.79. The van der Waals surface area contributed by atoms with Crippen molar-refractivity contribution in [2.75, 3.05) is 13.1 Å². The van der Waals surface area contributed by atoms with Crippen LogP contribution in [0.25, 0.3) is 0 Å². The summed E-state index contributed by atoms with van der Waals surface area (Å²) in [5, 5.41) is 4.42. The smallest absolute Gasteiger partial charge is 0.227 e. The number of carbonyl (C=O) groups is 1. The van der Waals surface area contributed by atoms with Gasteiger partial charge in [0, 0.05) is 50.2 Å². The van der Waals surface area contributed by atoms with Crippen LogP contribution in [-0.4, -0.2) is 43.2 Å². The molecule has 0 spiro atoms. The van der Waals surface area contributed by atoms with Gasteiger partial charge in [-0.25, -0.2) is 4.98 Å². The summed E-state index contributed by atoms with van der Waals surface area (Å²) < 4.78 is 4.11. The monoisotopic (exact) mass is 329 g/mol. The molecule has 6 heteroatoms. The standard InChI is InChI=1S/C18H27N5O/c1-5-17-19-8-10-23(17)15-7-6-9-22(12-15)18(24)11-16-13(2)20-21(4)14(16)3/h8,10,15H,5-7,9,11-12H2,1-4H3/t15-/m0/s1. The van der Waals surface area contributed by atoms with E-state index in [1.54, 1.807) is 0 Å². The Morgan fingerprint density at radius 1 is 1.38 bits per heavy atom. The van der Waals surface area contributed by atoms with Crippen LogP contribution in [0.2, 0.25) is 0 Å². The van der Waals surface area contributed by atoms with E-state index in [1.807, 2.05) is 42.9 Å². The van der Waals surface area contributed by atoms with Crippen LogP contribution in [0.1, 0.15) is 48.6 Å². The van der Waals surface area contributed by atoms with Crippen LogP contribution < -0.4 is 0 Å². The van der Waals surface area contributed by atoms with Crippen molar-refractivity contribution in [3.05, 3.63) is 35.2 Å². The van der Waals surface area contributed by atoms with Crippen molar-refractivity contribution in [2.24, 2.45) is 7.05 Å². The number of imidazole rings is 1. The molecule has 2 aromatic heterocycles. The summed E-state index contributed by atoms with van der Waals surface area (Å²) in [6.45, 7) is 7.76. The molecule has 3 heterocycles. The second-order valence-corrected chi connectivity index (χ2v) is 6.69. The molecule has 1 fully saturated rings. The molecule has 0 aliphatic carbocycles. The third-order valence-electron chi connectivity index (χ3n) is 5.19. The van der Waals surface area contributed by atoms with Crippen LogP contribution in [-0.2, 0) is 24.7 Å². The second kappa shape index (κ2) is 6.79. The molecule has 0 saturated carbocycles. The molecule has 0 radical (unpaired) electrons. The fourth-order valence-electron chi connectivity index (χ4n) is 3.69. The zero-order chi connectivity index (χ0) is 17.3. The van der Waals surface area contributed by atoms with Crippen LogP contribution in [0.15, 0.2) is 12.4 Å². The zero-order valence-electron chi connectivity index (χ0n) is 15.1. The van der Waals surface area contributed by atoms with Crippen LogP contribution in [0, 0.1) is 13.8 Å². The fraction of sp³-hybridized carbons (Fsp3) is 0.611. The number of nitrogens with zero attached hydrogens (tertiary/aromatic N) is 5. The highest BCUT2D eigenvalue weighted by atomic mass is 16.2. The Bertz CT molecular complexity index is 730. The predicted molar refractivity (Wildman–Crippen MR) is 92.8 cm³/mol. The predicted octanol–water partition coefficient (Wildman–Crippen LogP) is 2.20. The number of hydrogen-bond acceptors (Lipinski definition) is 3. The lowest BCUT2D eigenvalue weighted by atomic mass is 10.0. The molecular weight excluding hydrogens is 302 g/mol. The van der Waals surface area contributed by atoms with E-state index in [1.165, 1.54) is 0 Å². The highest BCUT2D eigenvalue weighted by Crippen LogP contribution is 2.24. The minimum absolute atomic E-state index is 0.206. The first-order chi connectivity index (χ1) is 11.5. The molecule has 3 rings (SSSR count).